The van der Waals surface area contributed by atoms with Gasteiger partial charge in [0.05, 0.1) is 17.0 Å². The van der Waals surface area contributed by atoms with E-state index in [-0.39, 0.29) is 5.95 Å². The first-order chi connectivity index (χ1) is 10.2. The van der Waals surface area contributed by atoms with Crippen molar-refractivity contribution in [2.24, 2.45) is 0 Å². The number of thiophene rings is 1. The van der Waals surface area contributed by atoms with Crippen molar-refractivity contribution in [1.29, 1.82) is 0 Å². The molecule has 21 heavy (non-hydrogen) atoms. The van der Waals surface area contributed by atoms with Crippen LogP contribution in [-0.4, -0.2) is 15.0 Å². The van der Waals surface area contributed by atoms with Crippen LogP contribution in [0.4, 0.5) is 5.95 Å². The molecule has 0 atom stereocenters. The van der Waals surface area contributed by atoms with Gasteiger partial charge in [-0.2, -0.15) is 11.3 Å². The van der Waals surface area contributed by atoms with Crippen LogP contribution in [-0.2, 0) is 0 Å². The molecule has 0 saturated heterocycles. The van der Waals surface area contributed by atoms with Crippen LogP contribution in [0.2, 0.25) is 0 Å². The number of hydrogen-bond acceptors (Lipinski definition) is 5. The smallest absolute Gasteiger partial charge is 0.220 e. The Morgan fingerprint density at radius 1 is 1.19 bits per heavy atom. The van der Waals surface area contributed by atoms with Gasteiger partial charge >= 0.3 is 0 Å². The zero-order valence-electron chi connectivity index (χ0n) is 11.4. The fraction of sp³-hybridized carbons (Fsp3) is 0.0625. The topological polar surface area (TPSA) is 64.7 Å². The number of anilines is 1. The van der Waals surface area contributed by atoms with Crippen LogP contribution in [0.25, 0.3) is 11.3 Å². The van der Waals surface area contributed by atoms with Crippen LogP contribution in [0.15, 0.2) is 41.4 Å². The molecule has 0 radical (unpaired) electrons. The molecule has 0 spiro atoms. The van der Waals surface area contributed by atoms with E-state index < -0.39 is 0 Å². The van der Waals surface area contributed by atoms with E-state index in [1.54, 1.807) is 23.7 Å². The number of pyridine rings is 1. The molecule has 3 heterocycles. The van der Waals surface area contributed by atoms with E-state index in [1.165, 1.54) is 0 Å². The molecule has 3 aromatic rings. The summed E-state index contributed by atoms with van der Waals surface area (Å²) in [6, 6.07) is 5.77. The number of nitrogens with two attached hydrogens (primary N) is 1. The van der Waals surface area contributed by atoms with E-state index in [0.29, 0.717) is 0 Å². The molecule has 5 heteroatoms. The zero-order chi connectivity index (χ0) is 14.7. The molecule has 0 aliphatic heterocycles. The van der Waals surface area contributed by atoms with Gasteiger partial charge in [-0.3, -0.25) is 4.98 Å². The van der Waals surface area contributed by atoms with Crippen molar-refractivity contribution < 1.29 is 0 Å². The molecule has 0 unspecified atom stereocenters. The van der Waals surface area contributed by atoms with E-state index >= 15 is 0 Å². The maximum atomic E-state index is 5.76. The number of hydrogen-bond donors (Lipinski definition) is 1. The highest BCUT2D eigenvalue weighted by Crippen LogP contribution is 2.25. The monoisotopic (exact) mass is 292 g/mol. The van der Waals surface area contributed by atoms with Crippen molar-refractivity contribution in [3.05, 3.63) is 58.2 Å². The number of aryl methyl sites for hydroxylation is 1. The largest absolute Gasteiger partial charge is 0.368 e. The van der Waals surface area contributed by atoms with Gasteiger partial charge in [0.25, 0.3) is 0 Å². The maximum absolute atomic E-state index is 5.76. The second-order valence-corrected chi connectivity index (χ2v) is 5.17. The molecular weight excluding hydrogens is 280 g/mol. The molecule has 0 aromatic carbocycles. The lowest BCUT2D eigenvalue weighted by Crippen LogP contribution is -2.02. The van der Waals surface area contributed by atoms with Crippen molar-refractivity contribution in [2.75, 3.05) is 5.73 Å². The van der Waals surface area contributed by atoms with Crippen LogP contribution < -0.4 is 5.73 Å². The molecular formula is C16H12N4S. The summed E-state index contributed by atoms with van der Waals surface area (Å²) < 4.78 is 0. The summed E-state index contributed by atoms with van der Waals surface area (Å²) in [5.41, 5.74) is 9.97. The first-order valence-corrected chi connectivity index (χ1v) is 7.27. The lowest BCUT2D eigenvalue weighted by atomic mass is 10.1. The average Bonchev–Trinajstić information content (AvgIpc) is 3.01. The fourth-order valence-corrected chi connectivity index (χ4v) is 2.56. The minimum absolute atomic E-state index is 0.264. The fourth-order valence-electron chi connectivity index (χ4n) is 1.92. The van der Waals surface area contributed by atoms with E-state index in [9.17, 15) is 0 Å². The summed E-state index contributed by atoms with van der Waals surface area (Å²) in [6.07, 6.45) is 3.45. The van der Waals surface area contributed by atoms with Gasteiger partial charge in [-0.15, -0.1) is 0 Å². The Hall–Kier alpha value is -2.71. The third-order valence-electron chi connectivity index (χ3n) is 2.90. The summed E-state index contributed by atoms with van der Waals surface area (Å²) in [5.74, 6) is 6.51. The SMILES string of the molecule is Cc1nc(N)nc(-c2ccsc2)c1C#Cc1cccnc1. The Balaban J connectivity index is 2.12. The molecule has 102 valence electrons. The Morgan fingerprint density at radius 3 is 2.81 bits per heavy atom. The van der Waals surface area contributed by atoms with Crippen molar-refractivity contribution in [3.63, 3.8) is 0 Å². The minimum atomic E-state index is 0.264. The molecule has 3 rings (SSSR count). The van der Waals surface area contributed by atoms with E-state index in [1.807, 2.05) is 35.9 Å². The third kappa shape index (κ3) is 2.91. The van der Waals surface area contributed by atoms with Crippen molar-refractivity contribution in [3.8, 4) is 23.1 Å². The average molecular weight is 292 g/mol. The van der Waals surface area contributed by atoms with Gasteiger partial charge in [-0.1, -0.05) is 11.8 Å². The van der Waals surface area contributed by atoms with Crippen molar-refractivity contribution >= 4 is 17.3 Å². The van der Waals surface area contributed by atoms with E-state index in [4.69, 9.17) is 5.73 Å². The van der Waals surface area contributed by atoms with Crippen molar-refractivity contribution in [2.45, 2.75) is 6.92 Å². The lowest BCUT2D eigenvalue weighted by molar-refractivity contribution is 1.11. The molecule has 0 bridgehead atoms. The van der Waals surface area contributed by atoms with Gasteiger partial charge < -0.3 is 5.73 Å². The predicted octanol–water partition coefficient (Wildman–Crippen LogP) is 2.89. The standard InChI is InChI=1S/C16H12N4S/c1-11-14(5-4-12-3-2-7-18-9-12)15(20-16(17)19-11)13-6-8-21-10-13/h2-3,6-10H,1H3,(H2,17,19,20). The molecule has 0 aliphatic carbocycles. The van der Waals surface area contributed by atoms with Crippen LogP contribution >= 0.6 is 11.3 Å². The first-order valence-electron chi connectivity index (χ1n) is 6.33. The highest BCUT2D eigenvalue weighted by molar-refractivity contribution is 7.08. The number of rotatable bonds is 1. The van der Waals surface area contributed by atoms with Gasteiger partial charge in [-0.25, -0.2) is 9.97 Å². The number of nitrogens with zero attached hydrogens (tertiary/aromatic N) is 3. The van der Waals surface area contributed by atoms with Crippen LogP contribution in [0.1, 0.15) is 16.8 Å². The van der Waals surface area contributed by atoms with Crippen LogP contribution in [0.5, 0.6) is 0 Å². The Kier molecular flexibility index (Phi) is 3.63. The Labute approximate surface area is 126 Å². The summed E-state index contributed by atoms with van der Waals surface area (Å²) >= 11 is 1.61. The number of nitrogen functional groups attached to an aromatic ring is 1. The summed E-state index contributed by atoms with van der Waals surface area (Å²) in [4.78, 5) is 12.6. The molecule has 2 N–H and O–H groups in total. The van der Waals surface area contributed by atoms with Gasteiger partial charge in [0, 0.05) is 28.9 Å². The summed E-state index contributed by atoms with van der Waals surface area (Å²) in [5, 5.41) is 4.03. The summed E-state index contributed by atoms with van der Waals surface area (Å²) in [6.45, 7) is 1.89. The van der Waals surface area contributed by atoms with Crippen LogP contribution in [0.3, 0.4) is 0 Å². The first kappa shape index (κ1) is 13.3. The predicted molar refractivity (Wildman–Crippen MR) is 84.7 cm³/mol. The van der Waals surface area contributed by atoms with E-state index in [2.05, 4.69) is 26.8 Å². The van der Waals surface area contributed by atoms with Crippen LogP contribution in [0, 0.1) is 18.8 Å². The maximum Gasteiger partial charge on any atom is 0.220 e. The highest BCUT2D eigenvalue weighted by atomic mass is 32.1. The normalized spacial score (nSPS) is 9.95. The second kappa shape index (κ2) is 5.73. The van der Waals surface area contributed by atoms with Gasteiger partial charge in [-0.05, 0) is 30.5 Å². The van der Waals surface area contributed by atoms with Gasteiger partial charge in [0.2, 0.25) is 5.95 Å². The molecule has 3 aromatic heterocycles. The molecule has 0 fully saturated rings. The lowest BCUT2D eigenvalue weighted by Gasteiger charge is -2.05. The zero-order valence-corrected chi connectivity index (χ0v) is 12.2. The second-order valence-electron chi connectivity index (χ2n) is 4.39. The quantitative estimate of drug-likeness (QED) is 0.700. The molecule has 0 amide bonds. The highest BCUT2D eigenvalue weighted by Gasteiger charge is 2.11. The van der Waals surface area contributed by atoms with E-state index in [0.717, 1.165) is 28.1 Å². The summed E-state index contributed by atoms with van der Waals surface area (Å²) in [7, 11) is 0. The molecule has 4 nitrogen and oxygen atoms in total. The van der Waals surface area contributed by atoms with Crippen molar-refractivity contribution in [1.82, 2.24) is 15.0 Å². The van der Waals surface area contributed by atoms with Gasteiger partial charge in [0.1, 0.15) is 0 Å². The Bertz CT molecular complexity index is 815. The molecule has 0 aliphatic rings. The third-order valence-corrected chi connectivity index (χ3v) is 3.58. The Morgan fingerprint density at radius 2 is 2.10 bits per heavy atom. The van der Waals surface area contributed by atoms with Gasteiger partial charge in [0.15, 0.2) is 0 Å². The number of aromatic nitrogens is 3. The molecule has 0 saturated carbocycles. The minimum Gasteiger partial charge on any atom is -0.368 e.